The molecule has 0 radical (unpaired) electrons. The summed E-state index contributed by atoms with van der Waals surface area (Å²) in [6.45, 7) is 0.771. The summed E-state index contributed by atoms with van der Waals surface area (Å²) in [5, 5.41) is 20.3. The molecule has 1 saturated heterocycles. The summed E-state index contributed by atoms with van der Waals surface area (Å²) >= 11 is 0. The summed E-state index contributed by atoms with van der Waals surface area (Å²) in [6.07, 6.45) is -6.67. The van der Waals surface area contributed by atoms with Gasteiger partial charge in [0.15, 0.2) is 5.82 Å². The van der Waals surface area contributed by atoms with Crippen LogP contribution in [0.2, 0.25) is 0 Å². The first-order chi connectivity index (χ1) is 18.1. The number of hydrogen-bond donors (Lipinski definition) is 2. The lowest BCUT2D eigenvalue weighted by Gasteiger charge is -2.35. The molecule has 4 rings (SSSR count). The maximum atomic E-state index is 13.3. The number of aliphatic hydroxyl groups excluding tert-OH is 1. The van der Waals surface area contributed by atoms with Crippen molar-refractivity contribution in [1.29, 1.82) is 0 Å². The number of hydrogen-bond acceptors (Lipinski definition) is 7. The van der Waals surface area contributed by atoms with Crippen LogP contribution in [0, 0.1) is 5.82 Å². The van der Waals surface area contributed by atoms with E-state index in [1.807, 2.05) is 0 Å². The number of aliphatic hydroxyl groups is 1. The van der Waals surface area contributed by atoms with Crippen molar-refractivity contribution in [3.63, 3.8) is 0 Å². The largest absolute Gasteiger partial charge is 0.417 e. The SMILES string of the molecule is O=C(NCC(O)c1cccc(F)c1)Oc1ccc(N2CCN(C(=O)c3ccccc3C(F)(F)F)CC2)nn1. The van der Waals surface area contributed by atoms with Crippen molar-refractivity contribution in [3.05, 3.63) is 83.2 Å². The molecule has 0 saturated carbocycles. The maximum Gasteiger partial charge on any atom is 0.417 e. The number of halogens is 4. The Hall–Kier alpha value is -4.26. The average molecular weight is 533 g/mol. The molecule has 1 aromatic heterocycles. The van der Waals surface area contributed by atoms with Crippen LogP contribution in [0.5, 0.6) is 5.88 Å². The Morgan fingerprint density at radius 2 is 1.74 bits per heavy atom. The van der Waals surface area contributed by atoms with E-state index < -0.39 is 41.2 Å². The number of aromatic nitrogens is 2. The number of rotatable bonds is 6. The van der Waals surface area contributed by atoms with Crippen LogP contribution in [0.1, 0.15) is 27.6 Å². The predicted molar refractivity (Wildman–Crippen MR) is 127 cm³/mol. The van der Waals surface area contributed by atoms with E-state index in [2.05, 4.69) is 15.5 Å². The minimum atomic E-state index is -4.63. The lowest BCUT2D eigenvalue weighted by Crippen LogP contribution is -2.49. The molecular weight excluding hydrogens is 510 g/mol. The molecule has 2 heterocycles. The number of carbonyl (C=O) groups excluding carboxylic acids is 2. The second kappa shape index (κ2) is 11.4. The van der Waals surface area contributed by atoms with Crippen LogP contribution in [0.25, 0.3) is 0 Å². The van der Waals surface area contributed by atoms with Gasteiger partial charge in [0, 0.05) is 32.2 Å². The molecule has 38 heavy (non-hydrogen) atoms. The van der Waals surface area contributed by atoms with Gasteiger partial charge in [0.25, 0.3) is 5.91 Å². The fourth-order valence-electron chi connectivity index (χ4n) is 3.90. The molecule has 9 nitrogen and oxygen atoms in total. The minimum absolute atomic E-state index is 0.107. The van der Waals surface area contributed by atoms with Crippen LogP contribution in [0.3, 0.4) is 0 Å². The normalized spacial score (nSPS) is 14.7. The molecule has 1 aliphatic rings. The lowest BCUT2D eigenvalue weighted by molar-refractivity contribution is -0.138. The second-order valence-corrected chi connectivity index (χ2v) is 8.39. The van der Waals surface area contributed by atoms with Crippen molar-refractivity contribution in [2.24, 2.45) is 0 Å². The number of carbonyl (C=O) groups is 2. The molecule has 0 aliphatic carbocycles. The fourth-order valence-corrected chi connectivity index (χ4v) is 3.90. The summed E-state index contributed by atoms with van der Waals surface area (Å²) < 4.78 is 58.1. The van der Waals surface area contributed by atoms with E-state index in [1.54, 1.807) is 11.0 Å². The van der Waals surface area contributed by atoms with Crippen LogP contribution in [0.4, 0.5) is 28.2 Å². The van der Waals surface area contributed by atoms with Gasteiger partial charge in [-0.1, -0.05) is 24.3 Å². The summed E-state index contributed by atoms with van der Waals surface area (Å²) in [7, 11) is 0. The fraction of sp³-hybridized carbons (Fsp3) is 0.280. The molecule has 1 unspecified atom stereocenters. The Kier molecular flexibility index (Phi) is 8.05. The molecule has 1 fully saturated rings. The zero-order chi connectivity index (χ0) is 27.3. The molecule has 0 spiro atoms. The first-order valence-electron chi connectivity index (χ1n) is 11.5. The van der Waals surface area contributed by atoms with Crippen molar-refractivity contribution in [2.45, 2.75) is 12.3 Å². The van der Waals surface area contributed by atoms with Gasteiger partial charge in [-0.25, -0.2) is 9.18 Å². The number of anilines is 1. The average Bonchev–Trinajstić information content (AvgIpc) is 2.91. The third-order valence-corrected chi connectivity index (χ3v) is 5.85. The highest BCUT2D eigenvalue weighted by molar-refractivity contribution is 5.96. The smallest absolute Gasteiger partial charge is 0.390 e. The number of nitrogens with zero attached hydrogens (tertiary/aromatic N) is 4. The molecule has 13 heteroatoms. The van der Waals surface area contributed by atoms with Crippen LogP contribution < -0.4 is 15.0 Å². The van der Waals surface area contributed by atoms with Crippen LogP contribution in [0.15, 0.2) is 60.7 Å². The highest BCUT2D eigenvalue weighted by atomic mass is 19.4. The standard InChI is InChI=1S/C25H23F4N5O4/c26-17-5-3-4-16(14-17)20(35)15-30-24(37)38-22-9-8-21(31-32-22)33-10-12-34(13-11-33)23(36)18-6-1-2-7-19(18)25(27,28)29/h1-9,14,20,35H,10-13,15H2,(H,30,37). The molecular formula is C25H23F4N5O4. The Balaban J connectivity index is 1.27. The number of piperazine rings is 1. The Morgan fingerprint density at radius 3 is 2.39 bits per heavy atom. The topological polar surface area (TPSA) is 108 Å². The van der Waals surface area contributed by atoms with Crippen molar-refractivity contribution in [1.82, 2.24) is 20.4 Å². The third kappa shape index (κ3) is 6.54. The Labute approximate surface area is 214 Å². The zero-order valence-electron chi connectivity index (χ0n) is 19.9. The van der Waals surface area contributed by atoms with Crippen molar-refractivity contribution in [3.8, 4) is 5.88 Å². The molecule has 2 amide bonds. The highest BCUT2D eigenvalue weighted by Gasteiger charge is 2.36. The van der Waals surface area contributed by atoms with Crippen LogP contribution in [-0.4, -0.2) is 64.9 Å². The molecule has 1 aliphatic heterocycles. The first kappa shape index (κ1) is 26.8. The predicted octanol–water partition coefficient (Wildman–Crippen LogP) is 3.42. The van der Waals surface area contributed by atoms with E-state index in [-0.39, 0.29) is 25.5 Å². The van der Waals surface area contributed by atoms with Crippen molar-refractivity contribution >= 4 is 17.8 Å². The monoisotopic (exact) mass is 533 g/mol. The van der Waals surface area contributed by atoms with Gasteiger partial charge in [0.1, 0.15) is 5.82 Å². The number of benzene rings is 2. The second-order valence-electron chi connectivity index (χ2n) is 8.39. The minimum Gasteiger partial charge on any atom is -0.390 e. The third-order valence-electron chi connectivity index (χ3n) is 5.85. The van der Waals surface area contributed by atoms with Crippen molar-refractivity contribution < 1.29 is 37.0 Å². The van der Waals surface area contributed by atoms with E-state index in [9.17, 15) is 32.3 Å². The van der Waals surface area contributed by atoms with E-state index in [4.69, 9.17) is 4.74 Å². The highest BCUT2D eigenvalue weighted by Crippen LogP contribution is 2.32. The van der Waals surface area contributed by atoms with Gasteiger partial charge < -0.3 is 25.0 Å². The van der Waals surface area contributed by atoms with Crippen molar-refractivity contribution in [2.75, 3.05) is 37.6 Å². The molecule has 200 valence electrons. The number of alkyl halides is 3. The van der Waals surface area contributed by atoms with E-state index in [0.717, 1.165) is 12.1 Å². The molecule has 2 N–H and O–H groups in total. The van der Waals surface area contributed by atoms with E-state index in [1.165, 1.54) is 47.4 Å². The quantitative estimate of drug-likeness (QED) is 0.468. The van der Waals surface area contributed by atoms with Crippen LogP contribution in [-0.2, 0) is 6.18 Å². The number of nitrogens with one attached hydrogen (secondary N) is 1. The first-order valence-corrected chi connectivity index (χ1v) is 11.5. The summed E-state index contributed by atoms with van der Waals surface area (Å²) in [5.41, 5.74) is -1.07. The molecule has 3 aromatic rings. The molecule has 0 bridgehead atoms. The van der Waals surface area contributed by atoms with Gasteiger partial charge >= 0.3 is 12.3 Å². The van der Waals surface area contributed by atoms with Gasteiger partial charge in [-0.3, -0.25) is 4.79 Å². The summed E-state index contributed by atoms with van der Waals surface area (Å²) in [5.74, 6) is -0.883. The number of ether oxygens (including phenoxy) is 1. The van der Waals surface area contributed by atoms with Gasteiger partial charge in [-0.15, -0.1) is 10.2 Å². The van der Waals surface area contributed by atoms with Gasteiger partial charge in [0.05, 0.1) is 23.8 Å². The Morgan fingerprint density at radius 1 is 1.00 bits per heavy atom. The van der Waals surface area contributed by atoms with E-state index in [0.29, 0.717) is 24.5 Å². The summed E-state index contributed by atoms with van der Waals surface area (Å²) in [4.78, 5) is 27.9. The van der Waals surface area contributed by atoms with E-state index >= 15 is 0 Å². The van der Waals surface area contributed by atoms with Gasteiger partial charge in [0.2, 0.25) is 5.88 Å². The van der Waals surface area contributed by atoms with Gasteiger partial charge in [-0.2, -0.15) is 13.2 Å². The Bertz CT molecular complexity index is 1280. The van der Waals surface area contributed by atoms with Crippen LogP contribution >= 0.6 is 0 Å². The summed E-state index contributed by atoms with van der Waals surface area (Å²) in [6, 6.07) is 13.0. The lowest BCUT2D eigenvalue weighted by atomic mass is 10.1. The number of amides is 2. The maximum absolute atomic E-state index is 13.3. The van der Waals surface area contributed by atoms with Gasteiger partial charge in [-0.05, 0) is 35.9 Å². The molecule has 1 atom stereocenters. The zero-order valence-corrected chi connectivity index (χ0v) is 19.9. The molecule has 2 aromatic carbocycles.